The van der Waals surface area contributed by atoms with Gasteiger partial charge in [-0.05, 0) is 42.7 Å². The van der Waals surface area contributed by atoms with Gasteiger partial charge in [-0.15, -0.1) is 0 Å². The van der Waals surface area contributed by atoms with E-state index >= 15 is 0 Å². The van der Waals surface area contributed by atoms with E-state index in [1.54, 1.807) is 18.2 Å². The summed E-state index contributed by atoms with van der Waals surface area (Å²) in [6.45, 7) is 1.52. The molecular weight excluding hydrogens is 296 g/mol. The number of rotatable bonds is 5. The first kappa shape index (κ1) is 14.1. The minimum Gasteiger partial charge on any atom is -0.611 e. The SMILES string of the molecule is CC(=O)[C@H]1C[C@@H]1C(=O)c1ccc([S+]([O-])C2CC2)c(Cl)c1. The molecule has 0 bridgehead atoms. The molecule has 1 unspecified atom stereocenters. The Morgan fingerprint density at radius 3 is 2.50 bits per heavy atom. The van der Waals surface area contributed by atoms with Gasteiger partial charge in [-0.2, -0.15) is 0 Å². The Hall–Kier alpha value is -0.840. The lowest BCUT2D eigenvalue weighted by Crippen LogP contribution is -2.10. The van der Waals surface area contributed by atoms with Gasteiger partial charge in [0, 0.05) is 30.2 Å². The fourth-order valence-electron chi connectivity index (χ4n) is 2.43. The lowest BCUT2D eigenvalue weighted by molar-refractivity contribution is -0.118. The van der Waals surface area contributed by atoms with Crippen molar-refractivity contribution in [3.05, 3.63) is 28.8 Å². The molecule has 0 amide bonds. The summed E-state index contributed by atoms with van der Waals surface area (Å²) >= 11 is 5.09. The molecular formula is C15H15ClO3S. The molecule has 3 nitrogen and oxygen atoms in total. The molecule has 106 valence electrons. The summed E-state index contributed by atoms with van der Waals surface area (Å²) in [6.07, 6.45) is 2.60. The molecule has 2 aliphatic rings. The minimum absolute atomic E-state index is 0.0316. The predicted molar refractivity (Wildman–Crippen MR) is 77.5 cm³/mol. The van der Waals surface area contributed by atoms with E-state index < -0.39 is 11.2 Å². The fraction of sp³-hybridized carbons (Fsp3) is 0.467. The minimum atomic E-state index is -1.06. The van der Waals surface area contributed by atoms with Crippen LogP contribution in [0.15, 0.2) is 23.1 Å². The number of hydrogen-bond acceptors (Lipinski definition) is 3. The molecule has 1 aromatic carbocycles. The molecule has 0 N–H and O–H groups in total. The highest BCUT2D eigenvalue weighted by atomic mass is 35.5. The average Bonchev–Trinajstić information content (AvgIpc) is 3.29. The van der Waals surface area contributed by atoms with Crippen LogP contribution in [0, 0.1) is 11.8 Å². The molecule has 5 heteroatoms. The molecule has 0 aromatic heterocycles. The Kier molecular flexibility index (Phi) is 3.65. The van der Waals surface area contributed by atoms with Gasteiger partial charge in [0.25, 0.3) is 0 Å². The molecule has 0 aliphatic heterocycles. The van der Waals surface area contributed by atoms with E-state index in [0.717, 1.165) is 12.8 Å². The van der Waals surface area contributed by atoms with Crippen molar-refractivity contribution in [1.82, 2.24) is 0 Å². The third-order valence-corrected chi connectivity index (χ3v) is 6.20. The van der Waals surface area contributed by atoms with Crippen LogP contribution in [0.3, 0.4) is 0 Å². The Morgan fingerprint density at radius 1 is 1.30 bits per heavy atom. The maximum Gasteiger partial charge on any atom is 0.171 e. The Morgan fingerprint density at radius 2 is 2.00 bits per heavy atom. The highest BCUT2D eigenvalue weighted by Gasteiger charge is 2.46. The van der Waals surface area contributed by atoms with Crippen molar-refractivity contribution in [2.75, 3.05) is 0 Å². The number of carbonyl (C=O) groups is 2. The highest BCUT2D eigenvalue weighted by Crippen LogP contribution is 2.42. The van der Waals surface area contributed by atoms with E-state index in [4.69, 9.17) is 11.6 Å². The molecule has 0 saturated heterocycles. The Bertz CT molecular complexity index is 582. The zero-order valence-electron chi connectivity index (χ0n) is 11.1. The van der Waals surface area contributed by atoms with Crippen LogP contribution in [0.1, 0.15) is 36.5 Å². The summed E-state index contributed by atoms with van der Waals surface area (Å²) in [5.41, 5.74) is 0.514. The van der Waals surface area contributed by atoms with Crippen LogP contribution in [0.5, 0.6) is 0 Å². The van der Waals surface area contributed by atoms with E-state index in [9.17, 15) is 14.1 Å². The Balaban J connectivity index is 1.77. The molecule has 1 aromatic rings. The van der Waals surface area contributed by atoms with Crippen molar-refractivity contribution in [3.8, 4) is 0 Å². The van der Waals surface area contributed by atoms with E-state index in [1.165, 1.54) is 6.92 Å². The summed E-state index contributed by atoms with van der Waals surface area (Å²) < 4.78 is 12.1. The van der Waals surface area contributed by atoms with Crippen LogP contribution in [-0.2, 0) is 16.0 Å². The maximum atomic E-state index is 12.2. The molecule has 20 heavy (non-hydrogen) atoms. The third-order valence-electron chi connectivity index (χ3n) is 3.91. The van der Waals surface area contributed by atoms with Gasteiger partial charge in [0.2, 0.25) is 0 Å². The monoisotopic (exact) mass is 310 g/mol. The molecule has 3 atom stereocenters. The van der Waals surface area contributed by atoms with E-state index in [-0.39, 0.29) is 28.7 Å². The largest absolute Gasteiger partial charge is 0.611 e. The van der Waals surface area contributed by atoms with E-state index in [2.05, 4.69) is 0 Å². The number of carbonyl (C=O) groups excluding carboxylic acids is 2. The van der Waals surface area contributed by atoms with Crippen molar-refractivity contribution in [1.29, 1.82) is 0 Å². The normalized spacial score (nSPS) is 26.1. The first-order chi connectivity index (χ1) is 9.49. The van der Waals surface area contributed by atoms with Gasteiger partial charge in [-0.3, -0.25) is 9.59 Å². The van der Waals surface area contributed by atoms with Gasteiger partial charge in [-0.1, -0.05) is 11.6 Å². The first-order valence-electron chi connectivity index (χ1n) is 6.74. The summed E-state index contributed by atoms with van der Waals surface area (Å²) in [5.74, 6) is -0.276. The van der Waals surface area contributed by atoms with E-state index in [0.29, 0.717) is 21.9 Å². The quantitative estimate of drug-likeness (QED) is 0.620. The van der Waals surface area contributed by atoms with Crippen molar-refractivity contribution in [3.63, 3.8) is 0 Å². The Labute approximate surface area is 125 Å². The molecule has 0 radical (unpaired) electrons. The molecule has 3 rings (SSSR count). The topological polar surface area (TPSA) is 57.2 Å². The zero-order chi connectivity index (χ0) is 14.4. The summed E-state index contributed by atoms with van der Waals surface area (Å²) in [6, 6.07) is 4.96. The number of benzene rings is 1. The highest BCUT2D eigenvalue weighted by molar-refractivity contribution is 7.92. The fourth-order valence-corrected chi connectivity index (χ4v) is 4.21. The standard InChI is InChI=1S/C15H15ClO3S/c1-8(17)11-7-12(11)15(18)9-2-5-14(13(16)6-9)20(19)10-3-4-10/h2,5-6,10-12H,3-4,7H2,1H3/t11-,12+,20?/m1/s1. The zero-order valence-corrected chi connectivity index (χ0v) is 12.7. The molecule has 2 fully saturated rings. The summed E-state index contributed by atoms with van der Waals surface area (Å²) in [4.78, 5) is 24.1. The van der Waals surface area contributed by atoms with Gasteiger partial charge < -0.3 is 4.55 Å². The maximum absolute atomic E-state index is 12.2. The van der Waals surface area contributed by atoms with Gasteiger partial charge in [0.1, 0.15) is 11.0 Å². The number of halogens is 1. The molecule has 0 heterocycles. The molecule has 0 spiro atoms. The van der Waals surface area contributed by atoms with Crippen LogP contribution in [0.4, 0.5) is 0 Å². The third kappa shape index (κ3) is 2.65. The van der Waals surface area contributed by atoms with Crippen LogP contribution in [0.25, 0.3) is 0 Å². The molecule has 2 saturated carbocycles. The number of ketones is 2. The van der Waals surface area contributed by atoms with Crippen molar-refractivity contribution >= 4 is 34.3 Å². The second-order valence-electron chi connectivity index (χ2n) is 5.57. The first-order valence-corrected chi connectivity index (χ1v) is 8.33. The van der Waals surface area contributed by atoms with Crippen LogP contribution >= 0.6 is 11.6 Å². The van der Waals surface area contributed by atoms with Gasteiger partial charge in [0.15, 0.2) is 10.7 Å². The predicted octanol–water partition coefficient (Wildman–Crippen LogP) is 3.02. The summed E-state index contributed by atoms with van der Waals surface area (Å²) in [5, 5.41) is 0.612. The van der Waals surface area contributed by atoms with Crippen molar-refractivity contribution in [2.45, 2.75) is 36.3 Å². The summed E-state index contributed by atoms with van der Waals surface area (Å²) in [7, 11) is 0. The van der Waals surface area contributed by atoms with Crippen LogP contribution in [-0.4, -0.2) is 21.4 Å². The average molecular weight is 311 g/mol. The second-order valence-corrected chi connectivity index (χ2v) is 7.67. The number of Topliss-reactive ketones (excluding diaryl/α,β-unsaturated/α-hetero) is 2. The van der Waals surface area contributed by atoms with E-state index in [1.807, 2.05) is 0 Å². The van der Waals surface area contributed by atoms with Crippen molar-refractivity contribution in [2.24, 2.45) is 11.8 Å². The van der Waals surface area contributed by atoms with Crippen LogP contribution < -0.4 is 0 Å². The lowest BCUT2D eigenvalue weighted by atomic mass is 10.1. The lowest BCUT2D eigenvalue weighted by Gasteiger charge is -2.11. The van der Waals surface area contributed by atoms with Gasteiger partial charge in [-0.25, -0.2) is 0 Å². The van der Waals surface area contributed by atoms with Gasteiger partial charge >= 0.3 is 0 Å². The van der Waals surface area contributed by atoms with Gasteiger partial charge in [0.05, 0.1) is 5.02 Å². The van der Waals surface area contributed by atoms with Crippen molar-refractivity contribution < 1.29 is 14.1 Å². The molecule has 2 aliphatic carbocycles. The smallest absolute Gasteiger partial charge is 0.171 e. The van der Waals surface area contributed by atoms with Crippen LogP contribution in [0.2, 0.25) is 5.02 Å². The number of hydrogen-bond donors (Lipinski definition) is 0. The second kappa shape index (κ2) is 5.17.